The number of hydrogen-bond donors (Lipinski definition) is 1. The molecule has 1 aliphatic rings. The monoisotopic (exact) mass is 220 g/mol. The Morgan fingerprint density at radius 2 is 2.06 bits per heavy atom. The Kier molecular flexibility index (Phi) is 4.22. The Bertz CT molecular complexity index is 321. The van der Waals surface area contributed by atoms with Crippen LogP contribution in [0.4, 0.5) is 0 Å². The van der Waals surface area contributed by atoms with Crippen molar-refractivity contribution in [1.29, 1.82) is 0 Å². The van der Waals surface area contributed by atoms with Crippen molar-refractivity contribution in [3.05, 3.63) is 17.7 Å². The maximum absolute atomic E-state index is 5.48. The minimum absolute atomic E-state index is 0.612. The van der Waals surface area contributed by atoms with Crippen molar-refractivity contribution >= 4 is 0 Å². The second-order valence-electron chi connectivity index (χ2n) is 4.52. The topological polar surface area (TPSA) is 64.7 Å². The number of nitrogens with zero attached hydrogens (tertiary/aromatic N) is 3. The van der Waals surface area contributed by atoms with Gasteiger partial charge in [0.15, 0.2) is 5.82 Å². The zero-order valence-corrected chi connectivity index (χ0v) is 9.73. The molecule has 0 bridgehead atoms. The molecule has 2 rings (SSSR count). The molecule has 0 saturated heterocycles. The van der Waals surface area contributed by atoms with Crippen LogP contribution in [0.1, 0.15) is 56.0 Å². The van der Waals surface area contributed by atoms with E-state index >= 15 is 0 Å². The highest BCUT2D eigenvalue weighted by Crippen LogP contribution is 2.30. The number of hydrogen-bond acceptors (Lipinski definition) is 4. The van der Waals surface area contributed by atoms with Crippen molar-refractivity contribution in [3.8, 4) is 0 Å². The molecule has 0 aliphatic heterocycles. The zero-order chi connectivity index (χ0) is 11.2. The summed E-state index contributed by atoms with van der Waals surface area (Å²) in [4.78, 5) is 4.60. The van der Waals surface area contributed by atoms with Gasteiger partial charge in [-0.25, -0.2) is 4.98 Å². The maximum atomic E-state index is 5.48. The Hall–Kier alpha value is -1.03. The smallest absolute Gasteiger partial charge is 0.151 e. The molecule has 1 fully saturated rings. The number of aromatic nitrogens is 3. The molecule has 0 radical (unpaired) electrons. The minimum Gasteiger partial charge on any atom is -0.330 e. The second-order valence-corrected chi connectivity index (χ2v) is 4.52. The molecule has 0 atom stereocenters. The van der Waals surface area contributed by atoms with E-state index in [9.17, 15) is 0 Å². The first-order valence-corrected chi connectivity index (χ1v) is 6.28. The van der Waals surface area contributed by atoms with Gasteiger partial charge in [-0.3, -0.25) is 0 Å². The third-order valence-electron chi connectivity index (χ3n) is 3.25. The Balaban J connectivity index is 2.02. The van der Waals surface area contributed by atoms with E-state index in [0.717, 1.165) is 24.4 Å². The summed E-state index contributed by atoms with van der Waals surface area (Å²) in [6.45, 7) is 0.691. The molecule has 1 aromatic rings. The van der Waals surface area contributed by atoms with Crippen LogP contribution in [0.3, 0.4) is 0 Å². The van der Waals surface area contributed by atoms with E-state index in [2.05, 4.69) is 15.2 Å². The van der Waals surface area contributed by atoms with Crippen molar-refractivity contribution in [2.45, 2.75) is 50.9 Å². The molecule has 0 aromatic carbocycles. The fraction of sp³-hybridized carbons (Fsp3) is 0.750. The summed E-state index contributed by atoms with van der Waals surface area (Å²) in [6.07, 6.45) is 10.2. The second kappa shape index (κ2) is 5.89. The molecule has 4 nitrogen and oxygen atoms in total. The quantitative estimate of drug-likeness (QED) is 0.840. The van der Waals surface area contributed by atoms with Crippen LogP contribution < -0.4 is 5.73 Å². The molecule has 0 amide bonds. The first-order valence-electron chi connectivity index (χ1n) is 6.28. The number of nitrogens with two attached hydrogens (primary N) is 1. The molecule has 1 heterocycles. The number of aryl methyl sites for hydroxylation is 1. The molecule has 1 aliphatic carbocycles. The Labute approximate surface area is 96.7 Å². The molecule has 4 heteroatoms. The lowest BCUT2D eigenvalue weighted by atomic mass is 9.87. The van der Waals surface area contributed by atoms with Crippen LogP contribution in [0.25, 0.3) is 0 Å². The van der Waals surface area contributed by atoms with Crippen LogP contribution in [0.2, 0.25) is 0 Å². The van der Waals surface area contributed by atoms with Crippen molar-refractivity contribution in [2.75, 3.05) is 6.54 Å². The van der Waals surface area contributed by atoms with Crippen molar-refractivity contribution < 1.29 is 0 Å². The number of rotatable bonds is 4. The summed E-state index contributed by atoms with van der Waals surface area (Å²) in [7, 11) is 0. The lowest BCUT2D eigenvalue weighted by Crippen LogP contribution is -2.11. The molecule has 2 N–H and O–H groups in total. The SMILES string of the molecule is NCCCc1nncc(C2CCCCC2)n1. The van der Waals surface area contributed by atoms with Gasteiger partial charge in [0.05, 0.1) is 11.9 Å². The summed E-state index contributed by atoms with van der Waals surface area (Å²) in [5, 5.41) is 8.11. The molecule has 1 saturated carbocycles. The molecule has 16 heavy (non-hydrogen) atoms. The third-order valence-corrected chi connectivity index (χ3v) is 3.25. The van der Waals surface area contributed by atoms with Crippen molar-refractivity contribution in [1.82, 2.24) is 15.2 Å². The highest BCUT2D eigenvalue weighted by molar-refractivity contribution is 5.05. The summed E-state index contributed by atoms with van der Waals surface area (Å²) < 4.78 is 0. The van der Waals surface area contributed by atoms with Crippen molar-refractivity contribution in [3.63, 3.8) is 0 Å². The third kappa shape index (κ3) is 2.98. The first-order chi connectivity index (χ1) is 7.90. The van der Waals surface area contributed by atoms with E-state index in [-0.39, 0.29) is 0 Å². The van der Waals surface area contributed by atoms with Gasteiger partial charge in [-0.1, -0.05) is 19.3 Å². The Morgan fingerprint density at radius 1 is 1.25 bits per heavy atom. The van der Waals surface area contributed by atoms with Gasteiger partial charge in [-0.2, -0.15) is 5.10 Å². The van der Waals surface area contributed by atoms with Gasteiger partial charge < -0.3 is 5.73 Å². The van der Waals surface area contributed by atoms with Crippen LogP contribution in [-0.4, -0.2) is 21.7 Å². The largest absolute Gasteiger partial charge is 0.330 e. The summed E-state index contributed by atoms with van der Waals surface area (Å²) in [5.74, 6) is 1.47. The van der Waals surface area contributed by atoms with E-state index in [0.29, 0.717) is 12.5 Å². The minimum atomic E-state index is 0.612. The van der Waals surface area contributed by atoms with E-state index in [1.807, 2.05) is 6.20 Å². The standard InChI is InChI=1S/C12H20N4/c13-8-4-7-12-15-11(9-14-16-12)10-5-2-1-3-6-10/h9-10H,1-8,13H2. The maximum Gasteiger partial charge on any atom is 0.151 e. The van der Waals surface area contributed by atoms with E-state index in [1.165, 1.54) is 32.1 Å². The van der Waals surface area contributed by atoms with Gasteiger partial charge in [0.1, 0.15) is 0 Å². The van der Waals surface area contributed by atoms with Crippen LogP contribution in [-0.2, 0) is 6.42 Å². The molecular weight excluding hydrogens is 200 g/mol. The van der Waals surface area contributed by atoms with Crippen molar-refractivity contribution in [2.24, 2.45) is 5.73 Å². The molecule has 1 aromatic heterocycles. The molecular formula is C12H20N4. The molecule has 88 valence electrons. The van der Waals surface area contributed by atoms with Gasteiger partial charge in [0, 0.05) is 12.3 Å². The first kappa shape index (κ1) is 11.5. The highest BCUT2D eigenvalue weighted by Gasteiger charge is 2.17. The predicted octanol–water partition coefficient (Wildman–Crippen LogP) is 1.81. The van der Waals surface area contributed by atoms with Crippen LogP contribution >= 0.6 is 0 Å². The van der Waals surface area contributed by atoms with Gasteiger partial charge >= 0.3 is 0 Å². The fourth-order valence-electron chi connectivity index (χ4n) is 2.32. The summed E-state index contributed by atoms with van der Waals surface area (Å²) >= 11 is 0. The van der Waals surface area contributed by atoms with E-state index < -0.39 is 0 Å². The van der Waals surface area contributed by atoms with E-state index in [1.54, 1.807) is 0 Å². The summed E-state index contributed by atoms with van der Waals surface area (Å²) in [6, 6.07) is 0. The average molecular weight is 220 g/mol. The van der Waals surface area contributed by atoms with Gasteiger partial charge in [-0.15, -0.1) is 5.10 Å². The summed E-state index contributed by atoms with van der Waals surface area (Å²) in [5.41, 5.74) is 6.62. The predicted molar refractivity (Wildman–Crippen MR) is 63.0 cm³/mol. The zero-order valence-electron chi connectivity index (χ0n) is 9.73. The Morgan fingerprint density at radius 3 is 2.81 bits per heavy atom. The van der Waals surface area contributed by atoms with Crippen LogP contribution in [0, 0.1) is 0 Å². The molecule has 0 spiro atoms. The van der Waals surface area contributed by atoms with Gasteiger partial charge in [0.25, 0.3) is 0 Å². The normalized spacial score (nSPS) is 17.6. The van der Waals surface area contributed by atoms with E-state index in [4.69, 9.17) is 5.73 Å². The highest BCUT2D eigenvalue weighted by atomic mass is 15.1. The lowest BCUT2D eigenvalue weighted by Gasteiger charge is -2.20. The molecule has 0 unspecified atom stereocenters. The van der Waals surface area contributed by atoms with Crippen LogP contribution in [0.5, 0.6) is 0 Å². The lowest BCUT2D eigenvalue weighted by molar-refractivity contribution is 0.433. The average Bonchev–Trinajstić information content (AvgIpc) is 2.38. The van der Waals surface area contributed by atoms with Gasteiger partial charge in [0.2, 0.25) is 0 Å². The van der Waals surface area contributed by atoms with Gasteiger partial charge in [-0.05, 0) is 25.8 Å². The fourth-order valence-corrected chi connectivity index (χ4v) is 2.32. The van der Waals surface area contributed by atoms with Crippen LogP contribution in [0.15, 0.2) is 6.20 Å².